The van der Waals surface area contributed by atoms with Gasteiger partial charge in [-0.2, -0.15) is 5.26 Å². The summed E-state index contributed by atoms with van der Waals surface area (Å²) in [4.78, 5) is 12.7. The van der Waals surface area contributed by atoms with E-state index in [1.165, 1.54) is 5.56 Å². The van der Waals surface area contributed by atoms with Crippen molar-refractivity contribution in [3.8, 4) is 11.8 Å². The van der Waals surface area contributed by atoms with Gasteiger partial charge in [0.05, 0.1) is 0 Å². The number of aromatic hydroxyl groups is 1. The number of phenolic OH excluding ortho intramolecular Hbond substituents is 1. The minimum atomic E-state index is -0.454. The molecule has 0 aliphatic carbocycles. The van der Waals surface area contributed by atoms with Crippen molar-refractivity contribution in [3.63, 3.8) is 0 Å². The lowest BCUT2D eigenvalue weighted by Gasteiger charge is -2.28. The van der Waals surface area contributed by atoms with Crippen LogP contribution in [0, 0.1) is 11.3 Å². The van der Waals surface area contributed by atoms with E-state index in [1.807, 2.05) is 84.0 Å². The molecule has 2 N–H and O–H groups in total. The van der Waals surface area contributed by atoms with E-state index in [4.69, 9.17) is 0 Å². The summed E-state index contributed by atoms with van der Waals surface area (Å²) in [6.07, 6.45) is 2.50. The number of nitrogens with one attached hydrogen (secondary N) is 1. The highest BCUT2D eigenvalue weighted by molar-refractivity contribution is 6.09. The van der Waals surface area contributed by atoms with Crippen LogP contribution in [0.4, 0.5) is 5.69 Å². The van der Waals surface area contributed by atoms with Crippen LogP contribution < -0.4 is 5.32 Å². The molecule has 0 bridgehead atoms. The summed E-state index contributed by atoms with van der Waals surface area (Å²) < 4.78 is 0. The highest BCUT2D eigenvalue weighted by Crippen LogP contribution is 2.40. The van der Waals surface area contributed by atoms with Gasteiger partial charge in [0, 0.05) is 16.8 Å². The molecule has 0 atom stereocenters. The molecule has 2 aromatic carbocycles. The minimum absolute atomic E-state index is 0.0139. The molecule has 1 amide bonds. The van der Waals surface area contributed by atoms with Crippen LogP contribution in [-0.2, 0) is 22.0 Å². The van der Waals surface area contributed by atoms with Crippen molar-refractivity contribution in [1.29, 1.82) is 5.26 Å². The molecule has 30 heavy (non-hydrogen) atoms. The van der Waals surface area contributed by atoms with E-state index < -0.39 is 5.91 Å². The number of benzene rings is 2. The van der Waals surface area contributed by atoms with E-state index in [1.54, 1.807) is 6.08 Å². The Labute approximate surface area is 180 Å². The highest BCUT2D eigenvalue weighted by atomic mass is 16.3. The topological polar surface area (TPSA) is 73.1 Å². The number of nitrogens with zero attached hydrogens (tertiary/aromatic N) is 1. The number of phenols is 1. The first-order chi connectivity index (χ1) is 13.9. The third kappa shape index (κ3) is 5.51. The maximum absolute atomic E-state index is 12.7. The molecule has 0 fully saturated rings. The average molecular weight is 405 g/mol. The van der Waals surface area contributed by atoms with Crippen LogP contribution in [0.5, 0.6) is 5.75 Å². The summed E-state index contributed by atoms with van der Waals surface area (Å²) in [5, 5.41) is 23.2. The maximum Gasteiger partial charge on any atom is 0.266 e. The normalized spacial score (nSPS) is 12.4. The smallest absolute Gasteiger partial charge is 0.266 e. The number of hydrogen-bond acceptors (Lipinski definition) is 3. The molecule has 0 aliphatic heterocycles. The number of anilines is 1. The van der Waals surface area contributed by atoms with Crippen LogP contribution in [0.1, 0.15) is 70.7 Å². The number of rotatable bonds is 4. The summed E-state index contributed by atoms with van der Waals surface area (Å²) in [5.74, 6) is -0.185. The summed E-state index contributed by atoms with van der Waals surface area (Å²) in [6, 6.07) is 13.3. The summed E-state index contributed by atoms with van der Waals surface area (Å²) in [7, 11) is 0. The van der Waals surface area contributed by atoms with Gasteiger partial charge in [0.15, 0.2) is 0 Å². The molecule has 0 heterocycles. The molecule has 2 aromatic rings. The van der Waals surface area contributed by atoms with Gasteiger partial charge in [-0.3, -0.25) is 4.79 Å². The SMILES string of the molecule is CCc1ccc(NC(=O)/C(C#N)=C\c2cc(C(C)(C)C)c(O)c(C(C)(C)C)c2)cc1. The van der Waals surface area contributed by atoms with E-state index in [2.05, 4.69) is 12.2 Å². The van der Waals surface area contributed by atoms with Crippen LogP contribution in [0.25, 0.3) is 6.08 Å². The van der Waals surface area contributed by atoms with Gasteiger partial charge in [-0.25, -0.2) is 0 Å². The zero-order valence-corrected chi connectivity index (χ0v) is 19.1. The van der Waals surface area contributed by atoms with E-state index in [9.17, 15) is 15.2 Å². The third-order valence-electron chi connectivity index (χ3n) is 5.04. The molecule has 0 aromatic heterocycles. The molecular weight excluding hydrogens is 372 g/mol. The fourth-order valence-corrected chi connectivity index (χ4v) is 3.22. The number of nitriles is 1. The van der Waals surface area contributed by atoms with Gasteiger partial charge in [0.25, 0.3) is 5.91 Å². The van der Waals surface area contributed by atoms with Gasteiger partial charge in [-0.15, -0.1) is 0 Å². The number of aryl methyl sites for hydroxylation is 1. The number of carbonyl (C=O) groups excluding carboxylic acids is 1. The summed E-state index contributed by atoms with van der Waals surface area (Å²) in [6.45, 7) is 14.2. The number of amides is 1. The largest absolute Gasteiger partial charge is 0.507 e. The molecule has 4 nitrogen and oxygen atoms in total. The average Bonchev–Trinajstić information content (AvgIpc) is 2.65. The van der Waals surface area contributed by atoms with Crippen molar-refractivity contribution in [3.05, 3.63) is 64.2 Å². The van der Waals surface area contributed by atoms with Crippen LogP contribution in [0.15, 0.2) is 42.0 Å². The minimum Gasteiger partial charge on any atom is -0.507 e. The summed E-state index contributed by atoms with van der Waals surface area (Å²) in [5.41, 5.74) is 3.56. The predicted octanol–water partition coefficient (Wildman–Crippen LogP) is 6.10. The van der Waals surface area contributed by atoms with Gasteiger partial charge in [0.1, 0.15) is 17.4 Å². The van der Waals surface area contributed by atoms with Crippen LogP contribution in [-0.4, -0.2) is 11.0 Å². The molecule has 0 saturated heterocycles. The maximum atomic E-state index is 12.7. The second kappa shape index (κ2) is 8.75. The Balaban J connectivity index is 2.47. The molecule has 0 radical (unpaired) electrons. The Kier molecular flexibility index (Phi) is 6.77. The van der Waals surface area contributed by atoms with Gasteiger partial charge >= 0.3 is 0 Å². The Bertz CT molecular complexity index is 960. The monoisotopic (exact) mass is 404 g/mol. The second-order valence-corrected chi connectivity index (χ2v) is 9.64. The van der Waals surface area contributed by atoms with Gasteiger partial charge in [-0.1, -0.05) is 60.6 Å². The van der Waals surface area contributed by atoms with Gasteiger partial charge in [-0.05, 0) is 58.7 Å². The van der Waals surface area contributed by atoms with E-state index in [-0.39, 0.29) is 22.2 Å². The van der Waals surface area contributed by atoms with E-state index in [0.29, 0.717) is 5.69 Å². The molecule has 0 spiro atoms. The Hall–Kier alpha value is -3.06. The van der Waals surface area contributed by atoms with Crippen molar-refractivity contribution in [1.82, 2.24) is 0 Å². The predicted molar refractivity (Wildman–Crippen MR) is 124 cm³/mol. The quantitative estimate of drug-likeness (QED) is 0.478. The van der Waals surface area contributed by atoms with Gasteiger partial charge in [0.2, 0.25) is 0 Å². The molecular formula is C26H32N2O2. The number of carbonyl (C=O) groups is 1. The van der Waals surface area contributed by atoms with Crippen LogP contribution in [0.2, 0.25) is 0 Å². The van der Waals surface area contributed by atoms with Crippen molar-refractivity contribution < 1.29 is 9.90 Å². The Morgan fingerprint density at radius 1 is 1.03 bits per heavy atom. The molecule has 2 rings (SSSR count). The fourth-order valence-electron chi connectivity index (χ4n) is 3.22. The molecule has 0 aliphatic rings. The first kappa shape index (κ1) is 23.2. The number of hydrogen-bond donors (Lipinski definition) is 2. The molecule has 158 valence electrons. The zero-order valence-electron chi connectivity index (χ0n) is 19.1. The lowest BCUT2D eigenvalue weighted by molar-refractivity contribution is -0.112. The standard InChI is InChI=1S/C26H32N2O2/c1-8-17-9-11-20(12-10-17)28-24(30)19(16-27)13-18-14-21(25(2,3)4)23(29)22(15-18)26(5,6)7/h9-15,29H,8H2,1-7H3,(H,28,30)/b19-13-. The van der Waals surface area contributed by atoms with E-state index >= 15 is 0 Å². The second-order valence-electron chi connectivity index (χ2n) is 9.64. The molecule has 0 saturated carbocycles. The van der Waals surface area contributed by atoms with Crippen LogP contribution >= 0.6 is 0 Å². The highest BCUT2D eigenvalue weighted by Gasteiger charge is 2.26. The van der Waals surface area contributed by atoms with Crippen molar-refractivity contribution in [2.45, 2.75) is 65.7 Å². The zero-order chi connectivity index (χ0) is 22.7. The molecule has 0 unspecified atom stereocenters. The van der Waals surface area contributed by atoms with Crippen LogP contribution in [0.3, 0.4) is 0 Å². The van der Waals surface area contributed by atoms with Gasteiger partial charge < -0.3 is 10.4 Å². The van der Waals surface area contributed by atoms with E-state index in [0.717, 1.165) is 23.1 Å². The lowest BCUT2D eigenvalue weighted by atomic mass is 9.78. The Morgan fingerprint density at radius 3 is 1.93 bits per heavy atom. The molecule has 4 heteroatoms. The Morgan fingerprint density at radius 2 is 1.53 bits per heavy atom. The first-order valence-electron chi connectivity index (χ1n) is 10.3. The third-order valence-corrected chi connectivity index (χ3v) is 5.04. The first-order valence-corrected chi connectivity index (χ1v) is 10.3. The lowest BCUT2D eigenvalue weighted by Crippen LogP contribution is -2.18. The van der Waals surface area contributed by atoms with Crippen molar-refractivity contribution in [2.75, 3.05) is 5.32 Å². The van der Waals surface area contributed by atoms with Crippen molar-refractivity contribution >= 4 is 17.7 Å². The summed E-state index contributed by atoms with van der Waals surface area (Å²) >= 11 is 0. The fraction of sp³-hybridized carbons (Fsp3) is 0.385. The van der Waals surface area contributed by atoms with Crippen molar-refractivity contribution in [2.24, 2.45) is 0 Å².